The van der Waals surface area contributed by atoms with E-state index < -0.39 is 0 Å². The highest BCUT2D eigenvalue weighted by Crippen LogP contribution is 2.58. The number of carbonyl (C=O) groups excluding carboxylic acids is 1. The van der Waals surface area contributed by atoms with Crippen LogP contribution in [-0.2, 0) is 16.6 Å². The molecule has 0 unspecified atom stereocenters. The molecule has 0 bridgehead atoms. The van der Waals surface area contributed by atoms with Crippen molar-refractivity contribution < 1.29 is 9.90 Å². The largest absolute Gasteiger partial charge is 0.508 e. The molecule has 2 nitrogen and oxygen atoms in total. The maximum Gasteiger partial charge on any atom is 0.140 e. The Balaban J connectivity index is 2.23. The summed E-state index contributed by atoms with van der Waals surface area (Å²) in [6.07, 6.45) is 5.33. The first-order chi connectivity index (χ1) is 10.7. The lowest BCUT2D eigenvalue weighted by molar-refractivity contribution is -0.130. The van der Waals surface area contributed by atoms with E-state index in [2.05, 4.69) is 33.8 Å². The summed E-state index contributed by atoms with van der Waals surface area (Å²) < 4.78 is 0. The third kappa shape index (κ3) is 2.33. The van der Waals surface area contributed by atoms with E-state index in [9.17, 15) is 9.90 Å². The highest BCUT2D eigenvalue weighted by molar-refractivity contribution is 5.90. The molecule has 2 heteroatoms. The highest BCUT2D eigenvalue weighted by atomic mass is 16.3. The number of hydrogen-bond donors (Lipinski definition) is 1. The number of fused-ring (bicyclic) bond motifs is 3. The van der Waals surface area contributed by atoms with Crippen molar-refractivity contribution in [1.82, 2.24) is 0 Å². The maximum absolute atomic E-state index is 12.9. The van der Waals surface area contributed by atoms with Crippen LogP contribution in [0.1, 0.15) is 82.9 Å². The van der Waals surface area contributed by atoms with E-state index in [1.807, 2.05) is 6.07 Å². The molecule has 0 radical (unpaired) electrons. The topological polar surface area (TPSA) is 37.3 Å². The van der Waals surface area contributed by atoms with Gasteiger partial charge in [0.25, 0.3) is 0 Å². The standard InChI is InChI=1S/C21H30O2/c1-13(2)16-11-15-7-8-19-20(4,5)9-6-10-21(19,14(3)22)17(15)12-18(16)23/h11-13,19,23H,6-10H2,1-5H3/t19-,21+/m1/s1. The monoisotopic (exact) mass is 314 g/mol. The van der Waals surface area contributed by atoms with Gasteiger partial charge in [-0.2, -0.15) is 0 Å². The zero-order chi connectivity index (χ0) is 17.0. The average Bonchev–Trinajstić information content (AvgIpc) is 2.45. The third-order valence-electron chi connectivity index (χ3n) is 6.62. The van der Waals surface area contributed by atoms with Gasteiger partial charge in [0.1, 0.15) is 11.5 Å². The lowest BCUT2D eigenvalue weighted by Gasteiger charge is -2.54. The maximum atomic E-state index is 12.9. The minimum Gasteiger partial charge on any atom is -0.508 e. The lowest BCUT2D eigenvalue weighted by Crippen LogP contribution is -2.53. The molecule has 0 aliphatic heterocycles. The Morgan fingerprint density at radius 3 is 2.57 bits per heavy atom. The van der Waals surface area contributed by atoms with Crippen LogP contribution in [0.25, 0.3) is 0 Å². The Morgan fingerprint density at radius 1 is 1.26 bits per heavy atom. The number of benzene rings is 1. The van der Waals surface area contributed by atoms with Crippen molar-refractivity contribution in [2.24, 2.45) is 11.3 Å². The minimum atomic E-state index is -0.387. The molecule has 2 aliphatic carbocycles. The second-order valence-electron chi connectivity index (χ2n) is 8.68. The van der Waals surface area contributed by atoms with Crippen LogP contribution in [0.4, 0.5) is 0 Å². The molecule has 2 aliphatic rings. The highest BCUT2D eigenvalue weighted by Gasteiger charge is 2.55. The minimum absolute atomic E-state index is 0.188. The molecule has 0 heterocycles. The number of ketones is 1. The molecule has 1 saturated carbocycles. The molecule has 0 saturated heterocycles. The van der Waals surface area contributed by atoms with E-state index >= 15 is 0 Å². The van der Waals surface area contributed by atoms with E-state index in [0.29, 0.717) is 17.6 Å². The Hall–Kier alpha value is -1.31. The number of phenolic OH excluding ortho intramolecular Hbond substituents is 1. The number of carbonyl (C=O) groups is 1. The van der Waals surface area contributed by atoms with Crippen LogP contribution >= 0.6 is 0 Å². The van der Waals surface area contributed by atoms with Crippen molar-refractivity contribution >= 4 is 5.78 Å². The Labute approximate surface area is 140 Å². The number of rotatable bonds is 2. The molecular formula is C21H30O2. The number of aryl methyl sites for hydroxylation is 1. The van der Waals surface area contributed by atoms with Crippen molar-refractivity contribution in [2.45, 2.75) is 78.1 Å². The molecule has 1 N–H and O–H groups in total. The van der Waals surface area contributed by atoms with E-state index in [1.165, 1.54) is 12.0 Å². The summed E-state index contributed by atoms with van der Waals surface area (Å²) >= 11 is 0. The van der Waals surface area contributed by atoms with Gasteiger partial charge in [0.2, 0.25) is 0 Å². The van der Waals surface area contributed by atoms with E-state index in [0.717, 1.165) is 36.8 Å². The first-order valence-electron chi connectivity index (χ1n) is 9.07. The quantitative estimate of drug-likeness (QED) is 0.823. The fourth-order valence-corrected chi connectivity index (χ4v) is 5.45. The molecule has 3 rings (SSSR count). The summed E-state index contributed by atoms with van der Waals surface area (Å²) in [5.74, 6) is 1.34. The van der Waals surface area contributed by atoms with Gasteiger partial charge in [0, 0.05) is 0 Å². The van der Waals surface area contributed by atoms with E-state index in [1.54, 1.807) is 6.92 Å². The van der Waals surface area contributed by atoms with Gasteiger partial charge in [-0.3, -0.25) is 4.79 Å². The van der Waals surface area contributed by atoms with Crippen molar-refractivity contribution in [1.29, 1.82) is 0 Å². The Bertz CT molecular complexity index is 641. The van der Waals surface area contributed by atoms with E-state index in [4.69, 9.17) is 0 Å². The summed E-state index contributed by atoms with van der Waals surface area (Å²) in [6.45, 7) is 10.6. The number of Topliss-reactive ketones (excluding diaryl/α,β-unsaturated/α-hetero) is 1. The molecule has 126 valence electrons. The van der Waals surface area contributed by atoms with Gasteiger partial charge in [-0.15, -0.1) is 0 Å². The average molecular weight is 314 g/mol. The first kappa shape index (κ1) is 16.5. The normalized spacial score (nSPS) is 29.0. The van der Waals surface area contributed by atoms with Crippen molar-refractivity contribution in [3.8, 4) is 5.75 Å². The van der Waals surface area contributed by atoms with E-state index in [-0.39, 0.29) is 16.6 Å². The Morgan fingerprint density at radius 2 is 1.96 bits per heavy atom. The van der Waals surface area contributed by atoms with Crippen LogP contribution in [-0.4, -0.2) is 10.9 Å². The van der Waals surface area contributed by atoms with Gasteiger partial charge in [0.05, 0.1) is 5.41 Å². The van der Waals surface area contributed by atoms with Gasteiger partial charge in [-0.05, 0) is 72.6 Å². The molecule has 0 aromatic heterocycles. The van der Waals surface area contributed by atoms with Gasteiger partial charge in [0.15, 0.2) is 0 Å². The first-order valence-corrected chi connectivity index (χ1v) is 9.07. The van der Waals surface area contributed by atoms with Gasteiger partial charge in [-0.1, -0.05) is 40.2 Å². The summed E-state index contributed by atoms with van der Waals surface area (Å²) in [7, 11) is 0. The molecule has 1 fully saturated rings. The molecule has 0 amide bonds. The fourth-order valence-electron chi connectivity index (χ4n) is 5.45. The number of aromatic hydroxyl groups is 1. The van der Waals surface area contributed by atoms with Crippen molar-refractivity contribution in [3.05, 3.63) is 28.8 Å². The zero-order valence-corrected chi connectivity index (χ0v) is 15.2. The number of hydrogen-bond acceptors (Lipinski definition) is 2. The third-order valence-corrected chi connectivity index (χ3v) is 6.62. The fraction of sp³-hybridized carbons (Fsp3) is 0.667. The summed E-state index contributed by atoms with van der Waals surface area (Å²) in [4.78, 5) is 12.9. The van der Waals surface area contributed by atoms with Crippen LogP contribution in [0.3, 0.4) is 0 Å². The number of phenols is 1. The molecule has 23 heavy (non-hydrogen) atoms. The van der Waals surface area contributed by atoms with Gasteiger partial charge < -0.3 is 5.11 Å². The summed E-state index contributed by atoms with van der Waals surface area (Å²) in [5.41, 5.74) is 3.22. The summed E-state index contributed by atoms with van der Waals surface area (Å²) in [5, 5.41) is 10.5. The summed E-state index contributed by atoms with van der Waals surface area (Å²) in [6, 6.07) is 4.09. The Kier molecular flexibility index (Phi) is 3.85. The van der Waals surface area contributed by atoms with Crippen LogP contribution in [0.2, 0.25) is 0 Å². The SMILES string of the molecule is CC(=O)[C@]12CCCC(C)(C)[C@H]1CCc1cc(C(C)C)c(O)cc12. The molecule has 1 aromatic carbocycles. The molecule has 1 aromatic rings. The smallest absolute Gasteiger partial charge is 0.140 e. The predicted molar refractivity (Wildman–Crippen MR) is 94.0 cm³/mol. The van der Waals surface area contributed by atoms with Crippen LogP contribution in [0.15, 0.2) is 12.1 Å². The molecule has 0 spiro atoms. The van der Waals surface area contributed by atoms with Crippen molar-refractivity contribution in [3.63, 3.8) is 0 Å². The van der Waals surface area contributed by atoms with Gasteiger partial charge >= 0.3 is 0 Å². The predicted octanol–water partition coefficient (Wildman–Crippen LogP) is 5.11. The second-order valence-corrected chi connectivity index (χ2v) is 8.68. The molecule has 2 atom stereocenters. The zero-order valence-electron chi connectivity index (χ0n) is 15.2. The lowest BCUT2D eigenvalue weighted by atomic mass is 9.48. The van der Waals surface area contributed by atoms with Crippen LogP contribution in [0, 0.1) is 11.3 Å². The van der Waals surface area contributed by atoms with Crippen molar-refractivity contribution in [2.75, 3.05) is 0 Å². The molecular weight excluding hydrogens is 284 g/mol. The van der Waals surface area contributed by atoms with Crippen LogP contribution in [0.5, 0.6) is 5.75 Å². The second kappa shape index (κ2) is 5.36. The van der Waals surface area contributed by atoms with Gasteiger partial charge in [-0.25, -0.2) is 0 Å². The van der Waals surface area contributed by atoms with Crippen LogP contribution < -0.4 is 0 Å².